The van der Waals surface area contributed by atoms with Gasteiger partial charge in [0, 0.05) is 27.4 Å². The first-order valence-electron chi connectivity index (χ1n) is 5.10. The van der Waals surface area contributed by atoms with Gasteiger partial charge in [0.2, 0.25) is 0 Å². The van der Waals surface area contributed by atoms with E-state index < -0.39 is 0 Å². The Kier molecular flexibility index (Phi) is 3.84. The first-order chi connectivity index (χ1) is 8.60. The molecule has 1 aromatic carbocycles. The molecule has 0 aliphatic carbocycles. The fourth-order valence-corrected chi connectivity index (χ4v) is 2.03. The summed E-state index contributed by atoms with van der Waals surface area (Å²) >= 11 is 11.7. The Morgan fingerprint density at radius 1 is 1.06 bits per heavy atom. The first kappa shape index (κ1) is 12.9. The molecule has 0 radical (unpaired) electrons. The van der Waals surface area contributed by atoms with Crippen LogP contribution in [0.15, 0.2) is 36.7 Å². The third-order valence-corrected chi connectivity index (χ3v) is 2.77. The second-order valence-corrected chi connectivity index (χ2v) is 4.47. The molecule has 0 aliphatic rings. The van der Waals surface area contributed by atoms with Crippen molar-refractivity contribution >= 4 is 29.0 Å². The lowest BCUT2D eigenvalue weighted by molar-refractivity contribution is 0.103. The average Bonchev–Trinajstić information content (AvgIpc) is 2.37. The molecule has 1 heterocycles. The Morgan fingerprint density at radius 3 is 2.33 bits per heavy atom. The lowest BCUT2D eigenvalue weighted by Crippen LogP contribution is -2.02. The molecular weight excluding hydrogens is 273 g/mol. The molecule has 2 aromatic rings. The largest absolute Gasteiger partial charge is 0.495 e. The molecule has 0 saturated heterocycles. The minimum atomic E-state index is -0.203. The van der Waals surface area contributed by atoms with Crippen molar-refractivity contribution in [2.45, 2.75) is 0 Å². The summed E-state index contributed by atoms with van der Waals surface area (Å²) in [7, 11) is 1.52. The number of nitrogens with zero attached hydrogens (tertiary/aromatic N) is 1. The zero-order chi connectivity index (χ0) is 13.1. The maximum atomic E-state index is 12.2. The number of hydrogen-bond acceptors (Lipinski definition) is 3. The minimum absolute atomic E-state index is 0.203. The third kappa shape index (κ3) is 2.81. The Balaban J connectivity index is 2.41. The Hall–Kier alpha value is -1.58. The van der Waals surface area contributed by atoms with Crippen LogP contribution in [-0.4, -0.2) is 17.9 Å². The number of methoxy groups -OCH3 is 1. The van der Waals surface area contributed by atoms with Gasteiger partial charge >= 0.3 is 0 Å². The second kappa shape index (κ2) is 5.38. The minimum Gasteiger partial charge on any atom is -0.495 e. The topological polar surface area (TPSA) is 39.2 Å². The highest BCUT2D eigenvalue weighted by Gasteiger charge is 2.12. The zero-order valence-corrected chi connectivity index (χ0v) is 11.0. The van der Waals surface area contributed by atoms with Gasteiger partial charge in [-0.3, -0.25) is 9.78 Å². The Morgan fingerprint density at radius 2 is 1.72 bits per heavy atom. The first-order valence-corrected chi connectivity index (χ1v) is 5.85. The number of hydrogen-bond donors (Lipinski definition) is 0. The standard InChI is InChI=1S/C13H9Cl2NO2/c1-18-12-4-9(6-16-7-12)13(17)8-2-10(14)5-11(15)3-8/h2-7H,1H3. The molecule has 0 amide bonds. The summed E-state index contributed by atoms with van der Waals surface area (Å²) in [6.45, 7) is 0. The van der Waals surface area contributed by atoms with E-state index >= 15 is 0 Å². The van der Waals surface area contributed by atoms with E-state index in [-0.39, 0.29) is 5.78 Å². The summed E-state index contributed by atoms with van der Waals surface area (Å²) in [5, 5.41) is 0.836. The lowest BCUT2D eigenvalue weighted by atomic mass is 10.1. The van der Waals surface area contributed by atoms with Gasteiger partial charge in [-0.15, -0.1) is 0 Å². The summed E-state index contributed by atoms with van der Waals surface area (Å²) in [6.07, 6.45) is 3.00. The van der Waals surface area contributed by atoms with Crippen molar-refractivity contribution in [3.8, 4) is 5.75 Å². The van der Waals surface area contributed by atoms with Crippen molar-refractivity contribution in [3.05, 3.63) is 57.8 Å². The molecule has 0 bridgehead atoms. The highest BCUT2D eigenvalue weighted by atomic mass is 35.5. The molecule has 1 aromatic heterocycles. The third-order valence-electron chi connectivity index (χ3n) is 2.34. The van der Waals surface area contributed by atoms with Gasteiger partial charge in [-0.05, 0) is 24.3 Å². The van der Waals surface area contributed by atoms with E-state index in [1.54, 1.807) is 24.3 Å². The molecule has 0 aliphatic heterocycles. The van der Waals surface area contributed by atoms with Gasteiger partial charge in [0.1, 0.15) is 5.75 Å². The van der Waals surface area contributed by atoms with E-state index in [4.69, 9.17) is 27.9 Å². The number of ether oxygens (including phenoxy) is 1. The molecule has 92 valence electrons. The van der Waals surface area contributed by atoms with Gasteiger partial charge in [0.15, 0.2) is 5.78 Å². The average molecular weight is 282 g/mol. The smallest absolute Gasteiger partial charge is 0.194 e. The second-order valence-electron chi connectivity index (χ2n) is 3.60. The molecular formula is C13H9Cl2NO2. The van der Waals surface area contributed by atoms with E-state index in [2.05, 4.69) is 4.98 Å². The monoisotopic (exact) mass is 281 g/mol. The molecule has 0 N–H and O–H groups in total. The van der Waals surface area contributed by atoms with Crippen molar-refractivity contribution in [2.24, 2.45) is 0 Å². The SMILES string of the molecule is COc1cncc(C(=O)c2cc(Cl)cc(Cl)c2)c1. The molecule has 0 saturated carbocycles. The summed E-state index contributed by atoms with van der Waals surface area (Å²) < 4.78 is 5.02. The van der Waals surface area contributed by atoms with Crippen LogP contribution in [0.3, 0.4) is 0 Å². The normalized spacial score (nSPS) is 10.2. The number of carbonyl (C=O) groups is 1. The molecule has 0 atom stereocenters. The number of rotatable bonds is 3. The van der Waals surface area contributed by atoms with Gasteiger partial charge in [-0.2, -0.15) is 0 Å². The predicted molar refractivity (Wildman–Crippen MR) is 70.7 cm³/mol. The van der Waals surface area contributed by atoms with Crippen molar-refractivity contribution in [1.82, 2.24) is 4.98 Å². The van der Waals surface area contributed by atoms with Crippen LogP contribution in [0.2, 0.25) is 10.0 Å². The van der Waals surface area contributed by atoms with Crippen LogP contribution in [-0.2, 0) is 0 Å². The Bertz CT molecular complexity index is 579. The van der Waals surface area contributed by atoms with Gasteiger partial charge in [0.25, 0.3) is 0 Å². The summed E-state index contributed by atoms with van der Waals surface area (Å²) in [5.41, 5.74) is 0.843. The van der Waals surface area contributed by atoms with Gasteiger partial charge < -0.3 is 4.74 Å². The number of ketones is 1. The van der Waals surface area contributed by atoms with Gasteiger partial charge in [-0.25, -0.2) is 0 Å². The summed E-state index contributed by atoms with van der Waals surface area (Å²) in [6, 6.07) is 6.32. The molecule has 0 spiro atoms. The molecule has 2 rings (SSSR count). The molecule has 0 unspecified atom stereocenters. The molecule has 3 nitrogen and oxygen atoms in total. The number of benzene rings is 1. The predicted octanol–water partition coefficient (Wildman–Crippen LogP) is 3.63. The number of carbonyl (C=O) groups excluding carboxylic acids is 1. The number of aromatic nitrogens is 1. The van der Waals surface area contributed by atoms with E-state index in [1.807, 2.05) is 0 Å². The zero-order valence-electron chi connectivity index (χ0n) is 9.48. The lowest BCUT2D eigenvalue weighted by Gasteiger charge is -2.04. The maximum Gasteiger partial charge on any atom is 0.194 e. The van der Waals surface area contributed by atoms with Crippen molar-refractivity contribution < 1.29 is 9.53 Å². The van der Waals surface area contributed by atoms with Crippen molar-refractivity contribution in [3.63, 3.8) is 0 Å². The summed E-state index contributed by atoms with van der Waals surface area (Å²) in [5.74, 6) is 0.319. The van der Waals surface area contributed by atoms with Crippen LogP contribution < -0.4 is 4.74 Å². The van der Waals surface area contributed by atoms with Crippen LogP contribution in [0.4, 0.5) is 0 Å². The highest BCUT2D eigenvalue weighted by molar-refractivity contribution is 6.35. The van der Waals surface area contributed by atoms with Gasteiger partial charge in [0.05, 0.1) is 13.3 Å². The highest BCUT2D eigenvalue weighted by Crippen LogP contribution is 2.22. The van der Waals surface area contributed by atoms with E-state index in [1.165, 1.54) is 19.5 Å². The maximum absolute atomic E-state index is 12.2. The number of pyridine rings is 1. The van der Waals surface area contributed by atoms with Crippen LogP contribution in [0.1, 0.15) is 15.9 Å². The molecule has 0 fully saturated rings. The van der Waals surface area contributed by atoms with E-state index in [0.717, 1.165) is 0 Å². The van der Waals surface area contributed by atoms with Gasteiger partial charge in [-0.1, -0.05) is 23.2 Å². The van der Waals surface area contributed by atoms with E-state index in [9.17, 15) is 4.79 Å². The summed E-state index contributed by atoms with van der Waals surface area (Å²) in [4.78, 5) is 16.1. The van der Waals surface area contributed by atoms with Crippen LogP contribution in [0, 0.1) is 0 Å². The van der Waals surface area contributed by atoms with E-state index in [0.29, 0.717) is 26.9 Å². The van der Waals surface area contributed by atoms with Crippen LogP contribution in [0.5, 0.6) is 5.75 Å². The molecule has 5 heteroatoms. The fraction of sp³-hybridized carbons (Fsp3) is 0.0769. The van der Waals surface area contributed by atoms with Crippen LogP contribution >= 0.6 is 23.2 Å². The molecule has 18 heavy (non-hydrogen) atoms. The quantitative estimate of drug-likeness (QED) is 0.807. The fourth-order valence-electron chi connectivity index (χ4n) is 1.51. The Labute approximate surface area is 114 Å². The van der Waals surface area contributed by atoms with Crippen molar-refractivity contribution in [2.75, 3.05) is 7.11 Å². The van der Waals surface area contributed by atoms with Crippen LogP contribution in [0.25, 0.3) is 0 Å². The number of halogens is 2. The van der Waals surface area contributed by atoms with Crippen molar-refractivity contribution in [1.29, 1.82) is 0 Å².